The molecule has 23 heavy (non-hydrogen) atoms. The van der Waals surface area contributed by atoms with Gasteiger partial charge in [0.05, 0.1) is 0 Å². The van der Waals surface area contributed by atoms with Crippen LogP contribution in [0.25, 0.3) is 32.7 Å². The van der Waals surface area contributed by atoms with Crippen LogP contribution in [0.15, 0.2) is 78.9 Å². The van der Waals surface area contributed by atoms with E-state index < -0.39 is 0 Å². The maximum absolute atomic E-state index is 10.4. The average Bonchev–Trinajstić information content (AvgIpc) is 2.63. The molecule has 0 spiro atoms. The Kier molecular flexibility index (Phi) is 4.67. The van der Waals surface area contributed by atoms with Gasteiger partial charge in [-0.2, -0.15) is 0 Å². The van der Waals surface area contributed by atoms with Crippen molar-refractivity contribution in [2.45, 2.75) is 5.79 Å². The summed E-state index contributed by atoms with van der Waals surface area (Å²) in [4.78, 5) is 0. The fourth-order valence-electron chi connectivity index (χ4n) is 2.99. The lowest BCUT2D eigenvalue weighted by Crippen LogP contribution is -1.85. The summed E-state index contributed by atoms with van der Waals surface area (Å²) in [7, 11) is 0. The Labute approximate surface area is 144 Å². The normalized spacial score (nSPS) is 10.3. The van der Waals surface area contributed by atoms with Crippen LogP contribution in [0.3, 0.4) is 0 Å². The van der Waals surface area contributed by atoms with Gasteiger partial charge in [0.15, 0.2) is 0 Å². The lowest BCUT2D eigenvalue weighted by molar-refractivity contribution is 0.478. The maximum Gasteiger partial charge on any atom is 0.124 e. The third kappa shape index (κ3) is 2.84. The quantitative estimate of drug-likeness (QED) is 0.456. The van der Waals surface area contributed by atoms with E-state index in [9.17, 15) is 5.11 Å². The number of fused-ring (bicyclic) bond motifs is 2. The van der Waals surface area contributed by atoms with Crippen molar-refractivity contribution < 1.29 is 5.11 Å². The van der Waals surface area contributed by atoms with E-state index >= 15 is 0 Å². The van der Waals surface area contributed by atoms with Crippen LogP contribution >= 0.6 is 0 Å². The van der Waals surface area contributed by atoms with E-state index in [2.05, 4.69) is 52.7 Å². The van der Waals surface area contributed by atoms with Gasteiger partial charge in [-0.3, -0.25) is 0 Å². The SMILES string of the molecule is Oc1ccc2ccccc2c1-c1cccc2ccccc12.[CH3][Al]. The van der Waals surface area contributed by atoms with Gasteiger partial charge in [0.25, 0.3) is 0 Å². The molecule has 0 aromatic heterocycles. The largest absolute Gasteiger partial charge is 0.507 e. The number of hydrogen-bond donors (Lipinski definition) is 1. The Hall–Kier alpha value is -2.27. The minimum Gasteiger partial charge on any atom is -0.507 e. The topological polar surface area (TPSA) is 20.2 Å². The van der Waals surface area contributed by atoms with E-state index in [1.165, 1.54) is 5.39 Å². The summed E-state index contributed by atoms with van der Waals surface area (Å²) in [5.41, 5.74) is 1.98. The molecule has 0 heterocycles. The first-order valence-corrected chi connectivity index (χ1v) is 8.77. The van der Waals surface area contributed by atoms with Gasteiger partial charge in [-0.05, 0) is 33.2 Å². The molecule has 0 fully saturated rings. The van der Waals surface area contributed by atoms with Crippen molar-refractivity contribution in [2.75, 3.05) is 0 Å². The van der Waals surface area contributed by atoms with E-state index in [1.807, 2.05) is 42.2 Å². The Bertz CT molecular complexity index is 955. The summed E-state index contributed by atoms with van der Waals surface area (Å²) < 4.78 is 0. The van der Waals surface area contributed by atoms with E-state index in [1.54, 1.807) is 6.07 Å². The molecule has 0 amide bonds. The first kappa shape index (κ1) is 15.6. The number of benzene rings is 4. The van der Waals surface area contributed by atoms with Gasteiger partial charge in [0.1, 0.15) is 22.0 Å². The zero-order chi connectivity index (χ0) is 16.2. The smallest absolute Gasteiger partial charge is 0.124 e. The fraction of sp³-hybridized carbons (Fsp3) is 0.0476. The van der Waals surface area contributed by atoms with Crippen LogP contribution in [0.1, 0.15) is 0 Å². The molecular weight excluding hydrogens is 295 g/mol. The van der Waals surface area contributed by atoms with Crippen molar-refractivity contribution in [3.63, 3.8) is 0 Å². The molecule has 1 N–H and O–H groups in total. The molecule has 2 radical (unpaired) electrons. The Balaban J connectivity index is 0.000000753. The summed E-state index contributed by atoms with van der Waals surface area (Å²) in [6.07, 6.45) is 0. The van der Waals surface area contributed by atoms with Crippen molar-refractivity contribution in [1.29, 1.82) is 0 Å². The second-order valence-electron chi connectivity index (χ2n) is 5.21. The molecule has 0 atom stereocenters. The number of aromatic hydroxyl groups is 1. The molecule has 4 aromatic rings. The second-order valence-corrected chi connectivity index (χ2v) is 5.21. The highest BCUT2D eigenvalue weighted by molar-refractivity contribution is 6.07. The first-order chi connectivity index (χ1) is 11.3. The van der Waals surface area contributed by atoms with E-state index in [0.717, 1.165) is 27.3 Å². The Morgan fingerprint density at radius 3 is 1.91 bits per heavy atom. The van der Waals surface area contributed by atoms with Crippen LogP contribution < -0.4 is 0 Å². The summed E-state index contributed by atoms with van der Waals surface area (Å²) in [5, 5.41) is 15.0. The van der Waals surface area contributed by atoms with E-state index in [0.29, 0.717) is 5.75 Å². The minimum absolute atomic E-state index is 0.324. The van der Waals surface area contributed by atoms with Crippen LogP contribution in [0.5, 0.6) is 5.75 Å². The van der Waals surface area contributed by atoms with Gasteiger partial charge in [-0.1, -0.05) is 72.8 Å². The molecule has 0 aliphatic rings. The second kappa shape index (κ2) is 6.88. The van der Waals surface area contributed by atoms with Crippen LogP contribution in [-0.2, 0) is 0 Å². The highest BCUT2D eigenvalue weighted by Crippen LogP contribution is 2.39. The molecule has 0 saturated carbocycles. The Morgan fingerprint density at radius 2 is 1.17 bits per heavy atom. The van der Waals surface area contributed by atoms with Crippen molar-refractivity contribution in [2.24, 2.45) is 0 Å². The molecule has 0 aliphatic heterocycles. The standard InChI is InChI=1S/C20H14O.CH3.Al/c21-19-13-12-15-7-2-4-10-17(15)20(19)18-11-5-8-14-6-1-3-9-16(14)18;;/h1-13,21H;1H3;. The summed E-state index contributed by atoms with van der Waals surface area (Å²) in [5.74, 6) is 2.24. The number of phenolic OH excluding ortho intramolecular Hbond substituents is 1. The van der Waals surface area contributed by atoms with Crippen molar-refractivity contribution >= 4 is 37.8 Å². The molecule has 110 valence electrons. The van der Waals surface area contributed by atoms with Crippen molar-refractivity contribution in [1.82, 2.24) is 0 Å². The Morgan fingerprint density at radius 1 is 0.609 bits per heavy atom. The zero-order valence-corrected chi connectivity index (χ0v) is 14.2. The van der Waals surface area contributed by atoms with E-state index in [4.69, 9.17) is 0 Å². The molecule has 0 aliphatic carbocycles. The molecule has 1 nitrogen and oxygen atoms in total. The van der Waals surface area contributed by atoms with Crippen LogP contribution in [-0.4, -0.2) is 21.4 Å². The van der Waals surface area contributed by atoms with Gasteiger partial charge >= 0.3 is 0 Å². The molecule has 0 unspecified atom stereocenters. The third-order valence-corrected chi connectivity index (χ3v) is 3.97. The first-order valence-electron chi connectivity index (χ1n) is 7.61. The molecule has 4 aromatic carbocycles. The van der Waals surface area contributed by atoms with Crippen LogP contribution in [0, 0.1) is 0 Å². The summed E-state index contributed by atoms with van der Waals surface area (Å²) in [6, 6.07) is 26.4. The highest BCUT2D eigenvalue weighted by atomic mass is 27.0. The van der Waals surface area contributed by atoms with Crippen molar-refractivity contribution in [3.8, 4) is 16.9 Å². The highest BCUT2D eigenvalue weighted by Gasteiger charge is 2.11. The minimum atomic E-state index is 0.324. The van der Waals surface area contributed by atoms with Gasteiger partial charge in [-0.15, -0.1) is 5.79 Å². The molecule has 4 rings (SSSR count). The predicted molar refractivity (Wildman–Crippen MR) is 100 cm³/mol. The third-order valence-electron chi connectivity index (χ3n) is 3.97. The number of phenols is 1. The number of rotatable bonds is 1. The fourth-order valence-corrected chi connectivity index (χ4v) is 2.99. The van der Waals surface area contributed by atoms with E-state index in [-0.39, 0.29) is 0 Å². The van der Waals surface area contributed by atoms with Crippen molar-refractivity contribution in [3.05, 3.63) is 78.9 Å². The lowest BCUT2D eigenvalue weighted by atomic mass is 9.93. The van der Waals surface area contributed by atoms with Crippen LogP contribution in [0.4, 0.5) is 0 Å². The lowest BCUT2D eigenvalue weighted by Gasteiger charge is -2.12. The molecule has 2 heteroatoms. The van der Waals surface area contributed by atoms with Crippen LogP contribution in [0.2, 0.25) is 5.79 Å². The molecule has 0 saturated heterocycles. The maximum atomic E-state index is 10.4. The van der Waals surface area contributed by atoms with Gasteiger partial charge in [-0.25, -0.2) is 0 Å². The summed E-state index contributed by atoms with van der Waals surface area (Å²) in [6.45, 7) is 0. The van der Waals surface area contributed by atoms with Gasteiger partial charge in [0, 0.05) is 5.56 Å². The molecular formula is C21H17AlO. The van der Waals surface area contributed by atoms with Gasteiger partial charge in [0.2, 0.25) is 0 Å². The monoisotopic (exact) mass is 312 g/mol. The average molecular weight is 312 g/mol. The summed E-state index contributed by atoms with van der Waals surface area (Å²) >= 11 is 2.42. The van der Waals surface area contributed by atoms with Gasteiger partial charge < -0.3 is 5.11 Å². The molecule has 0 bridgehead atoms. The predicted octanol–water partition coefficient (Wildman–Crippen LogP) is 5.57. The number of hydrogen-bond acceptors (Lipinski definition) is 1. The zero-order valence-electron chi connectivity index (χ0n) is 13.0.